The largest absolute Gasteiger partial charge is 0.477 e. The van der Waals surface area contributed by atoms with E-state index in [2.05, 4.69) is 43.4 Å². The van der Waals surface area contributed by atoms with Crippen molar-refractivity contribution in [3.8, 4) is 0 Å². The molecule has 0 aliphatic carbocycles. The highest BCUT2D eigenvalue weighted by Gasteiger charge is 2.21. The Balaban J connectivity index is 2.73. The fourth-order valence-corrected chi connectivity index (χ4v) is 2.81. The minimum Gasteiger partial charge on any atom is -0.477 e. The van der Waals surface area contributed by atoms with E-state index in [0.717, 1.165) is 16.5 Å². The molecule has 0 fully saturated rings. The third-order valence-corrected chi connectivity index (χ3v) is 3.73. The zero-order valence-corrected chi connectivity index (χ0v) is 13.5. The van der Waals surface area contributed by atoms with Crippen LogP contribution in [0.3, 0.4) is 0 Å². The molecule has 18 heavy (non-hydrogen) atoms. The van der Waals surface area contributed by atoms with Crippen molar-refractivity contribution in [1.29, 1.82) is 0 Å². The molecule has 0 radical (unpaired) electrons. The van der Waals surface area contributed by atoms with Gasteiger partial charge in [0.1, 0.15) is 5.69 Å². The average molecular weight is 363 g/mol. The lowest BCUT2D eigenvalue weighted by atomic mass is 9.86. The summed E-state index contributed by atoms with van der Waals surface area (Å²) in [5, 5.41) is 9.17. The summed E-state index contributed by atoms with van der Waals surface area (Å²) in [6.07, 6.45) is 6.74. The molecule has 0 saturated carbocycles. The van der Waals surface area contributed by atoms with E-state index < -0.39 is 5.97 Å². The number of rotatable bonds is 7. The van der Waals surface area contributed by atoms with Crippen molar-refractivity contribution in [3.05, 3.63) is 21.5 Å². The van der Waals surface area contributed by atoms with Crippen molar-refractivity contribution < 1.29 is 9.90 Å². The number of aromatic nitrogens is 1. The highest BCUT2D eigenvalue weighted by atomic mass is 127. The molecule has 1 aromatic rings. The van der Waals surface area contributed by atoms with E-state index in [4.69, 9.17) is 5.11 Å². The van der Waals surface area contributed by atoms with E-state index in [-0.39, 0.29) is 5.41 Å². The molecule has 1 N–H and O–H groups in total. The number of aromatic carboxylic acids is 1. The van der Waals surface area contributed by atoms with E-state index in [9.17, 15) is 4.79 Å². The summed E-state index contributed by atoms with van der Waals surface area (Å²) in [6, 6.07) is 1.73. The molecule has 1 aromatic heterocycles. The first-order chi connectivity index (χ1) is 8.35. The first-order valence-electron chi connectivity index (χ1n) is 6.44. The van der Waals surface area contributed by atoms with Crippen LogP contribution in [0.1, 0.15) is 56.9 Å². The van der Waals surface area contributed by atoms with Crippen LogP contribution >= 0.6 is 22.6 Å². The van der Waals surface area contributed by atoms with Crippen LogP contribution in [0.4, 0.5) is 0 Å². The second-order valence-electron chi connectivity index (χ2n) is 5.60. The molecule has 1 heterocycles. The molecular weight excluding hydrogens is 341 g/mol. The third-order valence-electron chi connectivity index (χ3n) is 3.14. The van der Waals surface area contributed by atoms with E-state index in [1.54, 1.807) is 6.07 Å². The number of carboxylic acids is 1. The number of hydrogen-bond donors (Lipinski definition) is 1. The van der Waals surface area contributed by atoms with Crippen LogP contribution in [-0.2, 0) is 6.54 Å². The Hall–Kier alpha value is -0.520. The number of carboxylic acid groups (broad SMARTS) is 1. The van der Waals surface area contributed by atoms with Crippen molar-refractivity contribution >= 4 is 28.6 Å². The van der Waals surface area contributed by atoms with Crippen molar-refractivity contribution in [1.82, 2.24) is 4.57 Å². The van der Waals surface area contributed by atoms with E-state index >= 15 is 0 Å². The monoisotopic (exact) mass is 363 g/mol. The Bertz CT molecular complexity index is 410. The maximum Gasteiger partial charge on any atom is 0.352 e. The summed E-state index contributed by atoms with van der Waals surface area (Å²) >= 11 is 2.16. The Kier molecular flexibility index (Phi) is 5.69. The quantitative estimate of drug-likeness (QED) is 0.576. The van der Waals surface area contributed by atoms with E-state index in [1.165, 1.54) is 19.3 Å². The van der Waals surface area contributed by atoms with Crippen molar-refractivity contribution in [2.45, 2.75) is 53.0 Å². The highest BCUT2D eigenvalue weighted by molar-refractivity contribution is 14.1. The minimum absolute atomic E-state index is 0.140. The van der Waals surface area contributed by atoms with Crippen molar-refractivity contribution in [2.75, 3.05) is 0 Å². The summed E-state index contributed by atoms with van der Waals surface area (Å²) in [5.41, 5.74) is 0.532. The molecule has 0 aliphatic heterocycles. The van der Waals surface area contributed by atoms with E-state index in [1.807, 2.05) is 10.8 Å². The first-order valence-corrected chi connectivity index (χ1v) is 7.52. The summed E-state index contributed by atoms with van der Waals surface area (Å²) in [6.45, 7) is 7.38. The molecule has 0 unspecified atom stereocenters. The van der Waals surface area contributed by atoms with Gasteiger partial charge in [0.2, 0.25) is 0 Å². The zero-order valence-electron chi connectivity index (χ0n) is 11.4. The molecule has 1 rings (SSSR count). The number of nitrogens with zero attached hydrogens (tertiary/aromatic N) is 1. The number of carbonyl (C=O) groups is 1. The third kappa shape index (κ3) is 4.63. The van der Waals surface area contributed by atoms with Crippen molar-refractivity contribution in [3.63, 3.8) is 0 Å². The summed E-state index contributed by atoms with van der Waals surface area (Å²) in [5.74, 6) is -0.845. The molecule has 4 heteroatoms. The molecule has 0 spiro atoms. The van der Waals surface area contributed by atoms with Gasteiger partial charge in [-0.05, 0) is 40.5 Å². The van der Waals surface area contributed by atoms with Gasteiger partial charge in [-0.15, -0.1) is 0 Å². The van der Waals surface area contributed by atoms with Gasteiger partial charge in [-0.1, -0.05) is 40.0 Å². The molecule has 0 aliphatic rings. The Labute approximate surface area is 123 Å². The lowest BCUT2D eigenvalue weighted by Crippen LogP contribution is -2.21. The highest BCUT2D eigenvalue weighted by Crippen LogP contribution is 2.27. The Morgan fingerprint density at radius 3 is 2.67 bits per heavy atom. The van der Waals surface area contributed by atoms with Crippen LogP contribution < -0.4 is 0 Å². The molecular formula is C14H22INO2. The van der Waals surface area contributed by atoms with Gasteiger partial charge >= 0.3 is 5.97 Å². The van der Waals surface area contributed by atoms with Crippen LogP contribution in [0, 0.1) is 8.99 Å². The molecule has 0 bridgehead atoms. The minimum atomic E-state index is -0.845. The number of halogens is 1. The maximum absolute atomic E-state index is 11.2. The maximum atomic E-state index is 11.2. The molecule has 102 valence electrons. The predicted octanol–water partition coefficient (Wildman–Crippen LogP) is 4.40. The lowest BCUT2D eigenvalue weighted by Gasteiger charge is -2.26. The van der Waals surface area contributed by atoms with Gasteiger partial charge in [-0.3, -0.25) is 0 Å². The molecule has 0 amide bonds. The zero-order chi connectivity index (χ0) is 13.8. The summed E-state index contributed by atoms with van der Waals surface area (Å²) < 4.78 is 2.85. The summed E-state index contributed by atoms with van der Waals surface area (Å²) in [7, 11) is 0. The smallest absolute Gasteiger partial charge is 0.352 e. The topological polar surface area (TPSA) is 42.2 Å². The number of unbranched alkanes of at least 4 members (excludes halogenated alkanes) is 2. The van der Waals surface area contributed by atoms with Gasteiger partial charge < -0.3 is 9.67 Å². The standard InChI is InChI=1S/C14H22INO2/c1-4-5-6-7-14(2,3)10-16-9-11(15)8-12(16)13(17)18/h8-9H,4-7,10H2,1-3H3,(H,17,18). The van der Waals surface area contributed by atoms with Crippen LogP contribution in [-0.4, -0.2) is 15.6 Å². The summed E-state index contributed by atoms with van der Waals surface area (Å²) in [4.78, 5) is 11.2. The van der Waals surface area contributed by atoms with E-state index in [0.29, 0.717) is 5.69 Å². The van der Waals surface area contributed by atoms with Crippen molar-refractivity contribution in [2.24, 2.45) is 5.41 Å². The SMILES string of the molecule is CCCCCC(C)(C)Cn1cc(I)cc1C(=O)O. The molecule has 0 saturated heterocycles. The van der Waals surface area contributed by atoms with Gasteiger partial charge in [0.25, 0.3) is 0 Å². The van der Waals surface area contributed by atoms with Crippen LogP contribution in [0.5, 0.6) is 0 Å². The van der Waals surface area contributed by atoms with Gasteiger partial charge in [-0.2, -0.15) is 0 Å². The second-order valence-corrected chi connectivity index (χ2v) is 6.84. The van der Waals surface area contributed by atoms with Crippen LogP contribution in [0.15, 0.2) is 12.3 Å². The van der Waals surface area contributed by atoms with Crippen LogP contribution in [0.25, 0.3) is 0 Å². The predicted molar refractivity (Wildman–Crippen MR) is 82.0 cm³/mol. The lowest BCUT2D eigenvalue weighted by molar-refractivity contribution is 0.0682. The fraction of sp³-hybridized carbons (Fsp3) is 0.643. The normalized spacial score (nSPS) is 11.8. The van der Waals surface area contributed by atoms with Crippen LogP contribution in [0.2, 0.25) is 0 Å². The Morgan fingerprint density at radius 1 is 1.44 bits per heavy atom. The van der Waals surface area contributed by atoms with Gasteiger partial charge in [0.15, 0.2) is 0 Å². The first kappa shape index (κ1) is 15.5. The molecule has 3 nitrogen and oxygen atoms in total. The molecule has 0 atom stereocenters. The molecule has 0 aromatic carbocycles. The van der Waals surface area contributed by atoms with Gasteiger partial charge in [0, 0.05) is 16.3 Å². The second kappa shape index (κ2) is 6.59. The van der Waals surface area contributed by atoms with Gasteiger partial charge in [0.05, 0.1) is 0 Å². The fourth-order valence-electron chi connectivity index (χ4n) is 2.18. The Morgan fingerprint density at radius 2 is 2.11 bits per heavy atom. The van der Waals surface area contributed by atoms with Gasteiger partial charge in [-0.25, -0.2) is 4.79 Å². The number of hydrogen-bond acceptors (Lipinski definition) is 1. The average Bonchev–Trinajstić information content (AvgIpc) is 2.58.